The molecule has 0 aromatic heterocycles. The molecule has 0 aliphatic heterocycles. The van der Waals surface area contributed by atoms with E-state index >= 15 is 0 Å². The Balaban J connectivity index is 2.73. The zero-order valence-corrected chi connectivity index (χ0v) is 9.74. The summed E-state index contributed by atoms with van der Waals surface area (Å²) in [5.74, 6) is -1.93. The Labute approximate surface area is 104 Å². The molecule has 98 valence electrons. The molecule has 6 heteroatoms. The molecule has 2 atom stereocenters. The van der Waals surface area contributed by atoms with Crippen molar-refractivity contribution in [2.24, 2.45) is 11.5 Å². The number of hydrogen-bond acceptors (Lipinski definition) is 4. The van der Waals surface area contributed by atoms with Crippen molar-refractivity contribution in [1.82, 2.24) is 0 Å². The smallest absolute Gasteiger partial charge is 0.305 e. The Hall–Kier alpha value is -1.92. The van der Waals surface area contributed by atoms with Gasteiger partial charge < -0.3 is 21.7 Å². The molecule has 6 nitrogen and oxygen atoms in total. The van der Waals surface area contributed by atoms with Gasteiger partial charge in [-0.1, -0.05) is 24.3 Å². The maximum Gasteiger partial charge on any atom is 0.305 e. The molecule has 6 N–H and O–H groups in total. The van der Waals surface area contributed by atoms with Gasteiger partial charge in [-0.2, -0.15) is 0 Å². The van der Waals surface area contributed by atoms with E-state index in [4.69, 9.17) is 21.7 Å². The van der Waals surface area contributed by atoms with Gasteiger partial charge in [-0.05, 0) is 11.1 Å². The topological polar surface area (TPSA) is 127 Å². The standard InChI is InChI=1S/C12H16N2O4/c13-9(5-11(15)16)7-1-2-8(4-3-7)10(14)6-12(17)18/h1-4,9-10H,5-6,13-14H2,(H,15,16)(H,17,18). The highest BCUT2D eigenvalue weighted by Gasteiger charge is 2.13. The molecule has 0 radical (unpaired) electrons. The Kier molecular flexibility index (Phi) is 4.82. The first-order valence-corrected chi connectivity index (χ1v) is 5.44. The quantitative estimate of drug-likeness (QED) is 0.588. The first-order chi connectivity index (χ1) is 8.40. The summed E-state index contributed by atoms with van der Waals surface area (Å²) in [6, 6.07) is 5.53. The summed E-state index contributed by atoms with van der Waals surface area (Å²) in [5.41, 5.74) is 12.8. The fraction of sp³-hybridized carbons (Fsp3) is 0.333. The summed E-state index contributed by atoms with van der Waals surface area (Å²) < 4.78 is 0. The number of carbonyl (C=O) groups is 2. The molecule has 0 aliphatic rings. The van der Waals surface area contributed by atoms with Gasteiger partial charge >= 0.3 is 11.9 Å². The lowest BCUT2D eigenvalue weighted by Crippen LogP contribution is -2.17. The van der Waals surface area contributed by atoms with Crippen LogP contribution in [0.2, 0.25) is 0 Å². The zero-order valence-electron chi connectivity index (χ0n) is 9.74. The van der Waals surface area contributed by atoms with Crippen LogP contribution in [0.4, 0.5) is 0 Å². The van der Waals surface area contributed by atoms with Crippen molar-refractivity contribution in [3.8, 4) is 0 Å². The van der Waals surface area contributed by atoms with Gasteiger partial charge in [-0.3, -0.25) is 9.59 Å². The van der Waals surface area contributed by atoms with Crippen LogP contribution in [0.5, 0.6) is 0 Å². The minimum absolute atomic E-state index is 0.152. The lowest BCUT2D eigenvalue weighted by atomic mass is 9.99. The lowest BCUT2D eigenvalue weighted by molar-refractivity contribution is -0.138. The van der Waals surface area contributed by atoms with Crippen molar-refractivity contribution < 1.29 is 19.8 Å². The largest absolute Gasteiger partial charge is 0.481 e. The second-order valence-electron chi connectivity index (χ2n) is 4.08. The van der Waals surface area contributed by atoms with E-state index in [0.717, 1.165) is 0 Å². The van der Waals surface area contributed by atoms with Crippen molar-refractivity contribution in [3.63, 3.8) is 0 Å². The van der Waals surface area contributed by atoms with Crippen LogP contribution in [0.15, 0.2) is 24.3 Å². The van der Waals surface area contributed by atoms with Crippen LogP contribution < -0.4 is 11.5 Å². The Morgan fingerprint density at radius 3 is 1.39 bits per heavy atom. The van der Waals surface area contributed by atoms with E-state index in [1.54, 1.807) is 24.3 Å². The van der Waals surface area contributed by atoms with E-state index in [2.05, 4.69) is 0 Å². The number of rotatable bonds is 6. The average Bonchev–Trinajstić information content (AvgIpc) is 2.27. The van der Waals surface area contributed by atoms with Crippen molar-refractivity contribution in [2.75, 3.05) is 0 Å². The summed E-state index contributed by atoms with van der Waals surface area (Å²) in [4.78, 5) is 21.0. The molecule has 1 rings (SSSR count). The molecule has 0 amide bonds. The maximum atomic E-state index is 10.5. The second kappa shape index (κ2) is 6.13. The average molecular weight is 252 g/mol. The van der Waals surface area contributed by atoms with Crippen LogP contribution in [-0.4, -0.2) is 22.2 Å². The van der Waals surface area contributed by atoms with Crippen LogP contribution in [-0.2, 0) is 9.59 Å². The zero-order chi connectivity index (χ0) is 13.7. The fourth-order valence-electron chi connectivity index (χ4n) is 1.60. The van der Waals surface area contributed by atoms with Gasteiger partial charge in [0.2, 0.25) is 0 Å². The van der Waals surface area contributed by atoms with Gasteiger partial charge in [0, 0.05) is 12.1 Å². The molecule has 18 heavy (non-hydrogen) atoms. The first kappa shape index (κ1) is 14.1. The highest BCUT2D eigenvalue weighted by Crippen LogP contribution is 2.19. The fourth-order valence-corrected chi connectivity index (χ4v) is 1.60. The van der Waals surface area contributed by atoms with E-state index in [9.17, 15) is 9.59 Å². The molecular formula is C12H16N2O4. The molecule has 0 saturated carbocycles. The van der Waals surface area contributed by atoms with E-state index < -0.39 is 24.0 Å². The summed E-state index contributed by atoms with van der Waals surface area (Å²) in [6.45, 7) is 0. The Morgan fingerprint density at radius 1 is 0.889 bits per heavy atom. The molecule has 0 fully saturated rings. The summed E-state index contributed by atoms with van der Waals surface area (Å²) >= 11 is 0. The number of nitrogens with two attached hydrogens (primary N) is 2. The van der Waals surface area contributed by atoms with Gasteiger partial charge in [0.05, 0.1) is 12.8 Å². The van der Waals surface area contributed by atoms with Crippen LogP contribution in [0.3, 0.4) is 0 Å². The number of benzene rings is 1. The van der Waals surface area contributed by atoms with Gasteiger partial charge in [0.25, 0.3) is 0 Å². The van der Waals surface area contributed by atoms with Gasteiger partial charge in [-0.25, -0.2) is 0 Å². The van der Waals surface area contributed by atoms with Crippen LogP contribution in [0.25, 0.3) is 0 Å². The Bertz CT molecular complexity index is 389. The SMILES string of the molecule is NC(CC(=O)O)c1ccc(C(N)CC(=O)O)cc1. The maximum absolute atomic E-state index is 10.5. The normalized spacial score (nSPS) is 13.9. The molecular weight excluding hydrogens is 236 g/mol. The van der Waals surface area contributed by atoms with Crippen LogP contribution in [0.1, 0.15) is 36.1 Å². The van der Waals surface area contributed by atoms with Crippen molar-refractivity contribution >= 4 is 11.9 Å². The van der Waals surface area contributed by atoms with Crippen LogP contribution in [0, 0.1) is 0 Å². The number of carboxylic acids is 2. The number of aliphatic carboxylic acids is 2. The van der Waals surface area contributed by atoms with E-state index in [1.165, 1.54) is 0 Å². The minimum atomic E-state index is -0.964. The lowest BCUT2D eigenvalue weighted by Gasteiger charge is -2.13. The predicted octanol–water partition coefficient (Wildman–Crippen LogP) is 0.636. The third-order valence-corrected chi connectivity index (χ3v) is 2.58. The minimum Gasteiger partial charge on any atom is -0.481 e. The van der Waals surface area contributed by atoms with E-state index in [0.29, 0.717) is 11.1 Å². The monoisotopic (exact) mass is 252 g/mol. The Morgan fingerprint density at radius 2 is 1.17 bits per heavy atom. The molecule has 0 bridgehead atoms. The highest BCUT2D eigenvalue weighted by molar-refractivity contribution is 5.68. The predicted molar refractivity (Wildman–Crippen MR) is 64.8 cm³/mol. The molecule has 2 unspecified atom stereocenters. The molecule has 0 saturated heterocycles. The van der Waals surface area contributed by atoms with Crippen LogP contribution >= 0.6 is 0 Å². The highest BCUT2D eigenvalue weighted by atomic mass is 16.4. The molecule has 0 spiro atoms. The molecule has 1 aromatic rings. The second-order valence-corrected chi connectivity index (χ2v) is 4.08. The number of hydrogen-bond donors (Lipinski definition) is 4. The third-order valence-electron chi connectivity index (χ3n) is 2.58. The van der Waals surface area contributed by atoms with Crippen molar-refractivity contribution in [2.45, 2.75) is 24.9 Å². The van der Waals surface area contributed by atoms with Crippen molar-refractivity contribution in [1.29, 1.82) is 0 Å². The summed E-state index contributed by atoms with van der Waals surface area (Å²) in [6.07, 6.45) is -0.305. The van der Waals surface area contributed by atoms with Gasteiger partial charge in [0.1, 0.15) is 0 Å². The summed E-state index contributed by atoms with van der Waals surface area (Å²) in [5, 5.41) is 17.2. The third kappa shape index (κ3) is 4.15. The molecule has 1 aromatic carbocycles. The van der Waals surface area contributed by atoms with Gasteiger partial charge in [-0.15, -0.1) is 0 Å². The number of carboxylic acid groups (broad SMARTS) is 2. The van der Waals surface area contributed by atoms with E-state index in [1.807, 2.05) is 0 Å². The van der Waals surface area contributed by atoms with E-state index in [-0.39, 0.29) is 12.8 Å². The first-order valence-electron chi connectivity index (χ1n) is 5.44. The molecule has 0 aliphatic carbocycles. The van der Waals surface area contributed by atoms with Gasteiger partial charge in [0.15, 0.2) is 0 Å². The molecule has 0 heterocycles. The summed E-state index contributed by atoms with van der Waals surface area (Å²) in [7, 11) is 0. The van der Waals surface area contributed by atoms with Crippen molar-refractivity contribution in [3.05, 3.63) is 35.4 Å².